The van der Waals surface area contributed by atoms with E-state index in [1.54, 1.807) is 6.08 Å². The minimum atomic E-state index is -4.76. The smallest absolute Gasteiger partial charge is 0.462 e. The molecule has 0 saturated heterocycles. The fraction of sp³-hybridized carbons (Fsp3) is 0.794. The Morgan fingerprint density at radius 1 is 0.636 bits per heavy atom. The van der Waals surface area contributed by atoms with Crippen molar-refractivity contribution in [3.8, 4) is 0 Å². The highest BCUT2D eigenvalue weighted by Crippen LogP contribution is 2.35. The van der Waals surface area contributed by atoms with Gasteiger partial charge in [-0.15, -0.1) is 0 Å². The van der Waals surface area contributed by atoms with Crippen LogP contribution in [-0.4, -0.2) is 46.8 Å². The molecule has 0 aromatic rings. The molecule has 10 heteroatoms. The molecule has 0 spiro atoms. The second-order valence-electron chi connectivity index (χ2n) is 11.5. The second-order valence-corrected chi connectivity index (χ2v) is 12.8. The van der Waals surface area contributed by atoms with Gasteiger partial charge in [-0.25, -0.2) is 4.57 Å². The maximum atomic E-state index is 12.3. The molecule has 2 N–H and O–H groups in total. The van der Waals surface area contributed by atoms with E-state index in [0.717, 1.165) is 70.6 Å². The van der Waals surface area contributed by atoms with Gasteiger partial charge < -0.3 is 19.3 Å². The largest absolute Gasteiger partial charge is 0.469 e. The summed E-state index contributed by atoms with van der Waals surface area (Å²) in [5, 5.41) is 0. The molecule has 256 valence electrons. The number of carbonyl (C=O) groups excluding carboxylic acids is 3. The third kappa shape index (κ3) is 31.6. The standard InChI is InChI=1S/C34H61O9P/c1-3-5-7-8-9-10-13-17-20-24-28-34(37)43-32(30-42-44(38,39)40)29-41-33(36)27-23-19-16-14-11-12-15-18-22-26-31(35)25-21-6-4-2/h15,18,22,26,32H,3-14,16-17,19-21,23-25,27-30H2,1-2H3,(H2,38,39,40)/b18-15-,26-22+/t32-/m1/s1. The van der Waals surface area contributed by atoms with E-state index >= 15 is 0 Å². The van der Waals surface area contributed by atoms with Gasteiger partial charge in [0.15, 0.2) is 11.9 Å². The molecule has 44 heavy (non-hydrogen) atoms. The summed E-state index contributed by atoms with van der Waals surface area (Å²) in [6.45, 7) is 3.46. The molecule has 9 nitrogen and oxygen atoms in total. The first-order chi connectivity index (χ1) is 21.2. The fourth-order valence-corrected chi connectivity index (χ4v) is 4.95. The number of carbonyl (C=O) groups is 3. The molecule has 0 bridgehead atoms. The van der Waals surface area contributed by atoms with Crippen molar-refractivity contribution in [1.82, 2.24) is 0 Å². The van der Waals surface area contributed by atoms with Crippen LogP contribution in [0.4, 0.5) is 0 Å². The molecular weight excluding hydrogens is 583 g/mol. The summed E-state index contributed by atoms with van der Waals surface area (Å²) in [5.41, 5.74) is 0. The zero-order valence-corrected chi connectivity index (χ0v) is 28.5. The van der Waals surface area contributed by atoms with E-state index < -0.39 is 32.5 Å². The Morgan fingerprint density at radius 3 is 1.73 bits per heavy atom. The van der Waals surface area contributed by atoms with E-state index in [1.165, 1.54) is 38.5 Å². The minimum Gasteiger partial charge on any atom is -0.462 e. The predicted molar refractivity (Wildman–Crippen MR) is 175 cm³/mol. The molecule has 0 aromatic carbocycles. The van der Waals surface area contributed by atoms with Gasteiger partial charge in [0.2, 0.25) is 0 Å². The molecule has 0 saturated carbocycles. The number of phosphoric ester groups is 1. The van der Waals surface area contributed by atoms with Crippen LogP contribution in [0.2, 0.25) is 0 Å². The van der Waals surface area contributed by atoms with Gasteiger partial charge in [-0.3, -0.25) is 18.9 Å². The van der Waals surface area contributed by atoms with Gasteiger partial charge in [-0.1, -0.05) is 122 Å². The van der Waals surface area contributed by atoms with Crippen molar-refractivity contribution >= 4 is 25.5 Å². The van der Waals surface area contributed by atoms with Crippen molar-refractivity contribution in [2.75, 3.05) is 13.2 Å². The van der Waals surface area contributed by atoms with Crippen molar-refractivity contribution in [3.05, 3.63) is 24.3 Å². The summed E-state index contributed by atoms with van der Waals surface area (Å²) in [4.78, 5) is 54.1. The molecule has 0 aliphatic heterocycles. The van der Waals surface area contributed by atoms with Crippen LogP contribution in [0, 0.1) is 0 Å². The van der Waals surface area contributed by atoms with E-state index in [2.05, 4.69) is 24.4 Å². The SMILES string of the molecule is CCCCCCCCCCCCC(=O)O[C@H](COC(=O)CCCCCCC/C=C\C=C\C(=O)CCCCC)COP(=O)(O)O. The Labute approximate surface area is 266 Å². The lowest BCUT2D eigenvalue weighted by Crippen LogP contribution is -2.29. The van der Waals surface area contributed by atoms with Gasteiger partial charge in [0.05, 0.1) is 6.61 Å². The predicted octanol–water partition coefficient (Wildman–Crippen LogP) is 8.85. The van der Waals surface area contributed by atoms with Crippen LogP contribution >= 0.6 is 7.82 Å². The van der Waals surface area contributed by atoms with Gasteiger partial charge in [0, 0.05) is 19.3 Å². The monoisotopic (exact) mass is 644 g/mol. The van der Waals surface area contributed by atoms with Crippen LogP contribution < -0.4 is 0 Å². The first-order valence-electron chi connectivity index (χ1n) is 17.1. The average molecular weight is 645 g/mol. The van der Waals surface area contributed by atoms with Crippen LogP contribution in [0.5, 0.6) is 0 Å². The first-order valence-corrected chi connectivity index (χ1v) is 18.6. The second kappa shape index (κ2) is 29.9. The molecule has 1 atom stereocenters. The molecule has 0 radical (unpaired) electrons. The lowest BCUT2D eigenvalue weighted by Gasteiger charge is -2.18. The molecule has 0 amide bonds. The number of allylic oxidation sites excluding steroid dienone is 4. The third-order valence-electron chi connectivity index (χ3n) is 7.20. The van der Waals surface area contributed by atoms with Gasteiger partial charge in [-0.2, -0.15) is 0 Å². The van der Waals surface area contributed by atoms with Gasteiger partial charge in [0.25, 0.3) is 0 Å². The summed E-state index contributed by atoms with van der Waals surface area (Å²) in [5.74, 6) is -0.773. The Balaban J connectivity index is 4.07. The van der Waals surface area contributed by atoms with E-state index in [4.69, 9.17) is 19.3 Å². The Hall–Kier alpha value is -1.80. The number of ketones is 1. The van der Waals surface area contributed by atoms with Crippen molar-refractivity contribution < 1.29 is 42.7 Å². The normalized spacial score (nSPS) is 12.6. The van der Waals surface area contributed by atoms with E-state index in [0.29, 0.717) is 19.3 Å². The molecule has 0 rings (SSSR count). The summed E-state index contributed by atoms with van der Waals surface area (Å²) in [6, 6.07) is 0. The van der Waals surface area contributed by atoms with Gasteiger partial charge >= 0.3 is 19.8 Å². The molecule has 0 aromatic heterocycles. The average Bonchev–Trinajstić information content (AvgIpc) is 2.98. The van der Waals surface area contributed by atoms with Crippen molar-refractivity contribution in [2.45, 2.75) is 161 Å². The molecular formula is C34H61O9P. The topological polar surface area (TPSA) is 136 Å². The highest BCUT2D eigenvalue weighted by molar-refractivity contribution is 7.46. The number of ether oxygens (including phenoxy) is 2. The minimum absolute atomic E-state index is 0.173. The zero-order chi connectivity index (χ0) is 32.7. The van der Waals surface area contributed by atoms with Crippen LogP contribution in [0.3, 0.4) is 0 Å². The van der Waals surface area contributed by atoms with E-state index in [9.17, 15) is 18.9 Å². The van der Waals surface area contributed by atoms with Crippen molar-refractivity contribution in [2.24, 2.45) is 0 Å². The van der Waals surface area contributed by atoms with Crippen LogP contribution in [-0.2, 0) is 32.9 Å². The number of rotatable bonds is 31. The summed E-state index contributed by atoms with van der Waals surface area (Å²) < 4.78 is 26.1. The van der Waals surface area contributed by atoms with E-state index in [-0.39, 0.29) is 25.2 Å². The quantitative estimate of drug-likeness (QED) is 0.0249. The number of esters is 2. The lowest BCUT2D eigenvalue weighted by atomic mass is 10.1. The fourth-order valence-electron chi connectivity index (χ4n) is 4.59. The van der Waals surface area contributed by atoms with Gasteiger partial charge in [0.1, 0.15) is 6.61 Å². The highest BCUT2D eigenvalue weighted by atomic mass is 31.2. The van der Waals surface area contributed by atoms with Crippen LogP contribution in [0.25, 0.3) is 0 Å². The molecule has 0 aliphatic rings. The molecule has 0 aliphatic carbocycles. The Bertz CT molecular complexity index is 835. The number of phosphoric acid groups is 1. The van der Waals surface area contributed by atoms with Crippen LogP contribution in [0.1, 0.15) is 155 Å². The summed E-state index contributed by atoms with van der Waals surface area (Å²) >= 11 is 0. The molecule has 0 fully saturated rings. The van der Waals surface area contributed by atoms with Crippen molar-refractivity contribution in [3.63, 3.8) is 0 Å². The summed E-state index contributed by atoms with van der Waals surface area (Å²) in [6.07, 6.45) is 27.4. The van der Waals surface area contributed by atoms with Crippen molar-refractivity contribution in [1.29, 1.82) is 0 Å². The molecule has 0 unspecified atom stereocenters. The maximum absolute atomic E-state index is 12.3. The van der Waals surface area contributed by atoms with Gasteiger partial charge in [-0.05, 0) is 38.2 Å². The number of hydrogen-bond donors (Lipinski definition) is 2. The first kappa shape index (κ1) is 42.2. The number of hydrogen-bond acceptors (Lipinski definition) is 7. The Morgan fingerprint density at radius 2 is 1.14 bits per heavy atom. The highest BCUT2D eigenvalue weighted by Gasteiger charge is 2.22. The maximum Gasteiger partial charge on any atom is 0.469 e. The third-order valence-corrected chi connectivity index (χ3v) is 7.68. The molecule has 0 heterocycles. The lowest BCUT2D eigenvalue weighted by molar-refractivity contribution is -0.161. The summed E-state index contributed by atoms with van der Waals surface area (Å²) in [7, 11) is -4.76. The van der Waals surface area contributed by atoms with E-state index in [1.807, 2.05) is 12.2 Å². The zero-order valence-electron chi connectivity index (χ0n) is 27.6. The van der Waals surface area contributed by atoms with Crippen LogP contribution in [0.15, 0.2) is 24.3 Å². The number of unbranched alkanes of at least 4 members (excludes halogenated alkanes) is 16. The Kier molecular flexibility index (Phi) is 28.7.